The molecule has 0 spiro atoms. The Morgan fingerprint density at radius 2 is 1.47 bits per heavy atom. The lowest BCUT2D eigenvalue weighted by Crippen LogP contribution is -2.49. The zero-order valence-corrected chi connectivity index (χ0v) is 13.1. The first-order valence-electron chi connectivity index (χ1n) is 8.05. The number of hydrogen-bond donors (Lipinski definition) is 2. The summed E-state index contributed by atoms with van der Waals surface area (Å²) in [6.45, 7) is 6.88. The van der Waals surface area contributed by atoms with Gasteiger partial charge in [-0.3, -0.25) is 4.79 Å². The van der Waals surface area contributed by atoms with Crippen molar-refractivity contribution in [1.29, 1.82) is 0 Å². The predicted molar refractivity (Wildman–Crippen MR) is 81.6 cm³/mol. The van der Waals surface area contributed by atoms with E-state index in [0.717, 1.165) is 19.4 Å². The molecule has 1 unspecified atom stereocenters. The number of nitrogens with one attached hydrogen (secondary N) is 1. The molecule has 0 aromatic rings. The van der Waals surface area contributed by atoms with Crippen LogP contribution in [0.2, 0.25) is 0 Å². The maximum absolute atomic E-state index is 11.2. The Bertz CT molecular complexity index is 231. The number of rotatable bonds is 13. The second kappa shape index (κ2) is 11.3. The van der Waals surface area contributed by atoms with E-state index in [0.29, 0.717) is 6.42 Å². The van der Waals surface area contributed by atoms with Gasteiger partial charge in [-0.25, -0.2) is 0 Å². The highest BCUT2D eigenvalue weighted by atomic mass is 16.4. The van der Waals surface area contributed by atoms with Crippen molar-refractivity contribution >= 4 is 5.97 Å². The molecule has 0 rings (SSSR count). The molecule has 0 heterocycles. The Labute approximate surface area is 119 Å². The molecule has 0 bridgehead atoms. The normalized spacial score (nSPS) is 14.3. The summed E-state index contributed by atoms with van der Waals surface area (Å²) in [6, 6.07) is 0. The fourth-order valence-electron chi connectivity index (χ4n) is 2.39. The molecule has 0 aliphatic heterocycles. The molecule has 3 nitrogen and oxygen atoms in total. The third-order valence-corrected chi connectivity index (χ3v) is 3.77. The minimum absolute atomic E-state index is 0.694. The van der Waals surface area contributed by atoms with E-state index < -0.39 is 11.5 Å². The lowest BCUT2D eigenvalue weighted by molar-refractivity contribution is -0.144. The van der Waals surface area contributed by atoms with Gasteiger partial charge in [0.1, 0.15) is 5.54 Å². The molecular formula is C16H33NO2. The molecule has 0 saturated carbocycles. The minimum atomic E-state index is -0.740. The van der Waals surface area contributed by atoms with Crippen LogP contribution in [-0.4, -0.2) is 23.2 Å². The second-order valence-electron chi connectivity index (χ2n) is 5.79. The highest BCUT2D eigenvalue weighted by molar-refractivity contribution is 5.78. The van der Waals surface area contributed by atoms with Crippen molar-refractivity contribution in [3.8, 4) is 0 Å². The van der Waals surface area contributed by atoms with Crippen molar-refractivity contribution in [2.75, 3.05) is 6.54 Å². The number of unbranched alkanes of at least 4 members (excludes halogenated alkanes) is 7. The summed E-state index contributed by atoms with van der Waals surface area (Å²) < 4.78 is 0. The van der Waals surface area contributed by atoms with Gasteiger partial charge in [0, 0.05) is 0 Å². The molecule has 0 saturated heterocycles. The van der Waals surface area contributed by atoms with Crippen molar-refractivity contribution in [2.24, 2.45) is 0 Å². The first kappa shape index (κ1) is 18.4. The van der Waals surface area contributed by atoms with E-state index in [2.05, 4.69) is 12.2 Å². The number of carbonyl (C=O) groups is 1. The maximum Gasteiger partial charge on any atom is 0.323 e. The number of aliphatic carboxylic acids is 1. The van der Waals surface area contributed by atoms with Crippen molar-refractivity contribution in [3.05, 3.63) is 0 Å². The smallest absolute Gasteiger partial charge is 0.323 e. The average Bonchev–Trinajstić information content (AvgIpc) is 2.37. The van der Waals surface area contributed by atoms with Gasteiger partial charge in [-0.2, -0.15) is 0 Å². The molecule has 19 heavy (non-hydrogen) atoms. The first-order chi connectivity index (χ1) is 9.06. The molecule has 0 fully saturated rings. The van der Waals surface area contributed by atoms with Gasteiger partial charge in [0.05, 0.1) is 0 Å². The number of carboxylic acid groups (broad SMARTS) is 1. The zero-order valence-electron chi connectivity index (χ0n) is 13.1. The molecule has 2 N–H and O–H groups in total. The van der Waals surface area contributed by atoms with Crippen LogP contribution in [0.5, 0.6) is 0 Å². The molecule has 0 aromatic heterocycles. The van der Waals surface area contributed by atoms with Crippen molar-refractivity contribution in [1.82, 2.24) is 5.32 Å². The molecule has 0 aromatic carbocycles. The summed E-state index contributed by atoms with van der Waals surface area (Å²) in [4.78, 5) is 11.2. The van der Waals surface area contributed by atoms with Crippen LogP contribution in [0.25, 0.3) is 0 Å². The highest BCUT2D eigenvalue weighted by Gasteiger charge is 2.30. The second-order valence-corrected chi connectivity index (χ2v) is 5.79. The van der Waals surface area contributed by atoms with Crippen LogP contribution < -0.4 is 5.32 Å². The number of hydrogen-bond acceptors (Lipinski definition) is 2. The fraction of sp³-hybridized carbons (Fsp3) is 0.938. The highest BCUT2D eigenvalue weighted by Crippen LogP contribution is 2.13. The van der Waals surface area contributed by atoms with Gasteiger partial charge in [-0.05, 0) is 26.3 Å². The standard InChI is InChI=1S/C16H33NO2/c1-4-6-7-8-9-10-11-12-14-17-16(3,13-5-2)15(18)19/h17H,4-14H2,1-3H3,(H,18,19). The van der Waals surface area contributed by atoms with E-state index in [-0.39, 0.29) is 0 Å². The summed E-state index contributed by atoms with van der Waals surface area (Å²) in [5.74, 6) is -0.728. The van der Waals surface area contributed by atoms with Gasteiger partial charge in [-0.15, -0.1) is 0 Å². The lowest BCUT2D eigenvalue weighted by atomic mass is 9.96. The van der Waals surface area contributed by atoms with Crippen LogP contribution in [0.15, 0.2) is 0 Å². The minimum Gasteiger partial charge on any atom is -0.480 e. The van der Waals surface area contributed by atoms with Crippen LogP contribution in [0.4, 0.5) is 0 Å². The molecule has 114 valence electrons. The monoisotopic (exact) mass is 271 g/mol. The van der Waals surface area contributed by atoms with Crippen molar-refractivity contribution in [3.63, 3.8) is 0 Å². The molecule has 0 aliphatic rings. The number of carboxylic acids is 1. The average molecular weight is 271 g/mol. The topological polar surface area (TPSA) is 49.3 Å². The van der Waals surface area contributed by atoms with Crippen LogP contribution in [0.3, 0.4) is 0 Å². The molecule has 0 radical (unpaired) electrons. The van der Waals surface area contributed by atoms with Crippen LogP contribution >= 0.6 is 0 Å². The molecule has 0 aliphatic carbocycles. The van der Waals surface area contributed by atoms with Crippen molar-refractivity contribution < 1.29 is 9.90 Å². The van der Waals surface area contributed by atoms with E-state index in [1.165, 1.54) is 44.9 Å². The van der Waals surface area contributed by atoms with Gasteiger partial charge in [-0.1, -0.05) is 65.2 Å². The van der Waals surface area contributed by atoms with E-state index in [4.69, 9.17) is 0 Å². The van der Waals surface area contributed by atoms with Crippen molar-refractivity contribution in [2.45, 2.75) is 90.5 Å². The summed E-state index contributed by atoms with van der Waals surface area (Å²) in [5.41, 5.74) is -0.740. The Morgan fingerprint density at radius 1 is 0.947 bits per heavy atom. The summed E-state index contributed by atoms with van der Waals surface area (Å²) >= 11 is 0. The Balaban J connectivity index is 3.53. The summed E-state index contributed by atoms with van der Waals surface area (Å²) in [5, 5.41) is 12.4. The zero-order chi connectivity index (χ0) is 14.6. The third-order valence-electron chi connectivity index (χ3n) is 3.77. The van der Waals surface area contributed by atoms with Gasteiger partial charge in [0.2, 0.25) is 0 Å². The van der Waals surface area contributed by atoms with Gasteiger partial charge in [0.15, 0.2) is 0 Å². The molecule has 0 amide bonds. The fourth-order valence-corrected chi connectivity index (χ4v) is 2.39. The lowest BCUT2D eigenvalue weighted by Gasteiger charge is -2.25. The van der Waals surface area contributed by atoms with Gasteiger partial charge < -0.3 is 10.4 Å². The van der Waals surface area contributed by atoms with E-state index in [1.54, 1.807) is 6.92 Å². The summed E-state index contributed by atoms with van der Waals surface area (Å²) in [7, 11) is 0. The largest absolute Gasteiger partial charge is 0.480 e. The van der Waals surface area contributed by atoms with E-state index in [9.17, 15) is 9.90 Å². The Kier molecular flexibility index (Phi) is 10.9. The summed E-state index contributed by atoms with van der Waals surface area (Å²) in [6.07, 6.45) is 11.9. The van der Waals surface area contributed by atoms with Crippen LogP contribution in [0, 0.1) is 0 Å². The van der Waals surface area contributed by atoms with Crippen LogP contribution in [0.1, 0.15) is 85.0 Å². The third kappa shape index (κ3) is 9.04. The predicted octanol–water partition coefficient (Wildman–Crippen LogP) is 4.36. The van der Waals surface area contributed by atoms with E-state index in [1.807, 2.05) is 6.92 Å². The quantitative estimate of drug-likeness (QED) is 0.489. The molecule has 3 heteroatoms. The Morgan fingerprint density at radius 3 is 1.95 bits per heavy atom. The van der Waals surface area contributed by atoms with Crippen LogP contribution in [-0.2, 0) is 4.79 Å². The van der Waals surface area contributed by atoms with E-state index >= 15 is 0 Å². The Hall–Kier alpha value is -0.570. The maximum atomic E-state index is 11.2. The van der Waals surface area contributed by atoms with Gasteiger partial charge in [0.25, 0.3) is 0 Å². The SMILES string of the molecule is CCCCCCCCCCNC(C)(CCC)C(=O)O. The first-order valence-corrected chi connectivity index (χ1v) is 8.05. The van der Waals surface area contributed by atoms with Gasteiger partial charge >= 0.3 is 5.97 Å². The molecular weight excluding hydrogens is 238 g/mol. The molecule has 1 atom stereocenters.